The molecule has 0 unspecified atom stereocenters. The number of nitro groups is 1. The molecule has 0 atom stereocenters. The van der Waals surface area contributed by atoms with Crippen molar-refractivity contribution in [3.05, 3.63) is 73.2 Å². The Morgan fingerprint density at radius 1 is 1.27 bits per heavy atom. The lowest BCUT2D eigenvalue weighted by molar-refractivity contribution is -0.385. The van der Waals surface area contributed by atoms with E-state index >= 15 is 0 Å². The maximum Gasteiger partial charge on any atom is 0.284 e. The van der Waals surface area contributed by atoms with Crippen LogP contribution in [0.5, 0.6) is 0 Å². The minimum atomic E-state index is -0.506. The molecule has 8 heteroatoms. The summed E-state index contributed by atoms with van der Waals surface area (Å²) < 4.78 is 0.375. The van der Waals surface area contributed by atoms with Crippen molar-refractivity contribution in [3.8, 4) is 0 Å². The van der Waals surface area contributed by atoms with E-state index in [-0.39, 0.29) is 5.69 Å². The number of rotatable bonds is 4. The van der Waals surface area contributed by atoms with E-state index in [0.29, 0.717) is 20.6 Å². The molecule has 112 valence electrons. The van der Waals surface area contributed by atoms with Crippen molar-refractivity contribution >= 4 is 45.3 Å². The molecule has 0 aliphatic carbocycles. The van der Waals surface area contributed by atoms with Gasteiger partial charge in [0.2, 0.25) is 0 Å². The third kappa shape index (κ3) is 4.12. The molecule has 0 saturated carbocycles. The molecule has 0 aliphatic heterocycles. The van der Waals surface area contributed by atoms with Crippen LogP contribution in [0, 0.1) is 10.1 Å². The molecule has 2 aromatic carbocycles. The maximum absolute atomic E-state index is 11.8. The quantitative estimate of drug-likeness (QED) is 0.496. The molecule has 6 nitrogen and oxygen atoms in total. The normalized spacial score (nSPS) is 10.6. The number of carbonyl (C=O) groups excluding carboxylic acids is 1. The number of nitrogens with one attached hydrogen (secondary N) is 1. The number of hydrogen-bond donors (Lipinski definition) is 1. The fraction of sp³-hybridized carbons (Fsp3) is 0. The summed E-state index contributed by atoms with van der Waals surface area (Å²) in [5, 5.41) is 15.1. The van der Waals surface area contributed by atoms with Gasteiger partial charge in [-0.1, -0.05) is 17.7 Å². The van der Waals surface area contributed by atoms with Gasteiger partial charge in [0.15, 0.2) is 0 Å². The lowest BCUT2D eigenvalue weighted by atomic mass is 10.2. The van der Waals surface area contributed by atoms with Gasteiger partial charge in [-0.25, -0.2) is 5.43 Å². The van der Waals surface area contributed by atoms with Crippen molar-refractivity contribution in [3.63, 3.8) is 0 Å². The number of benzene rings is 2. The monoisotopic (exact) mass is 381 g/mol. The topological polar surface area (TPSA) is 84.6 Å². The Labute approximate surface area is 139 Å². The molecule has 0 saturated heterocycles. The Balaban J connectivity index is 2.06. The summed E-state index contributed by atoms with van der Waals surface area (Å²) in [4.78, 5) is 22.1. The smallest absolute Gasteiger partial charge is 0.267 e. The summed E-state index contributed by atoms with van der Waals surface area (Å²) >= 11 is 8.83. The van der Waals surface area contributed by atoms with Crippen molar-refractivity contribution in [1.29, 1.82) is 0 Å². The number of nitro benzene ring substituents is 1. The molecule has 1 N–H and O–H groups in total. The van der Waals surface area contributed by atoms with Crippen molar-refractivity contribution in [1.82, 2.24) is 5.43 Å². The summed E-state index contributed by atoms with van der Waals surface area (Å²) in [5.41, 5.74) is 3.16. The molecule has 2 aromatic rings. The van der Waals surface area contributed by atoms with E-state index in [1.807, 2.05) is 0 Å². The Hall–Kier alpha value is -2.25. The number of nitrogens with zero attached hydrogens (tertiary/aromatic N) is 2. The summed E-state index contributed by atoms with van der Waals surface area (Å²) in [6.45, 7) is 0. The van der Waals surface area contributed by atoms with Crippen molar-refractivity contribution < 1.29 is 9.72 Å². The SMILES string of the molecule is O=C(NN=Cc1ccc(Br)c([N+](=O)[O-])c1)c1ccc(Cl)cc1. The molecule has 0 heterocycles. The largest absolute Gasteiger partial charge is 0.284 e. The van der Waals surface area contributed by atoms with Crippen LogP contribution in [-0.4, -0.2) is 17.0 Å². The third-order valence-corrected chi connectivity index (χ3v) is 3.58. The molecule has 0 aromatic heterocycles. The first-order chi connectivity index (χ1) is 10.5. The van der Waals surface area contributed by atoms with Crippen LogP contribution in [0.1, 0.15) is 15.9 Å². The van der Waals surface area contributed by atoms with Crippen LogP contribution in [0.2, 0.25) is 5.02 Å². The van der Waals surface area contributed by atoms with Gasteiger partial charge in [-0.3, -0.25) is 14.9 Å². The van der Waals surface area contributed by atoms with Gasteiger partial charge in [0.1, 0.15) is 0 Å². The molecular weight excluding hydrogens is 374 g/mol. The Morgan fingerprint density at radius 2 is 1.95 bits per heavy atom. The van der Waals surface area contributed by atoms with Crippen LogP contribution in [0.15, 0.2) is 52.0 Å². The van der Waals surface area contributed by atoms with Gasteiger partial charge in [-0.2, -0.15) is 5.10 Å². The third-order valence-electron chi connectivity index (χ3n) is 2.65. The molecule has 2 rings (SSSR count). The summed E-state index contributed by atoms with van der Waals surface area (Å²) in [6.07, 6.45) is 1.33. The molecule has 0 bridgehead atoms. The van der Waals surface area contributed by atoms with E-state index in [1.54, 1.807) is 36.4 Å². The highest BCUT2D eigenvalue weighted by molar-refractivity contribution is 9.10. The molecule has 0 aliphatic rings. The molecular formula is C14H9BrClN3O3. The van der Waals surface area contributed by atoms with Crippen molar-refractivity contribution in [2.75, 3.05) is 0 Å². The maximum atomic E-state index is 11.8. The molecule has 0 radical (unpaired) electrons. The number of carbonyl (C=O) groups is 1. The minimum absolute atomic E-state index is 0.0759. The molecule has 0 fully saturated rings. The number of amides is 1. The van der Waals surface area contributed by atoms with Crippen LogP contribution >= 0.6 is 27.5 Å². The zero-order valence-corrected chi connectivity index (χ0v) is 13.3. The summed E-state index contributed by atoms with van der Waals surface area (Å²) in [7, 11) is 0. The first-order valence-corrected chi connectivity index (χ1v) is 7.17. The fourth-order valence-electron chi connectivity index (χ4n) is 1.58. The first-order valence-electron chi connectivity index (χ1n) is 6.00. The molecule has 1 amide bonds. The Kier molecular flexibility index (Phi) is 5.24. The van der Waals surface area contributed by atoms with Gasteiger partial charge in [0.05, 0.1) is 15.6 Å². The lowest BCUT2D eigenvalue weighted by Gasteiger charge is -2.00. The van der Waals surface area contributed by atoms with Gasteiger partial charge in [0, 0.05) is 22.2 Å². The number of hydrogen-bond acceptors (Lipinski definition) is 4. The fourth-order valence-corrected chi connectivity index (χ4v) is 2.10. The van der Waals surface area contributed by atoms with E-state index < -0.39 is 10.8 Å². The second kappa shape index (κ2) is 7.15. The van der Waals surface area contributed by atoms with E-state index in [1.165, 1.54) is 12.3 Å². The van der Waals surface area contributed by atoms with Gasteiger partial charge in [0.25, 0.3) is 11.6 Å². The van der Waals surface area contributed by atoms with Crippen molar-refractivity contribution in [2.45, 2.75) is 0 Å². The summed E-state index contributed by atoms with van der Waals surface area (Å²) in [6, 6.07) is 10.9. The number of hydrazone groups is 1. The zero-order chi connectivity index (χ0) is 16.1. The van der Waals surface area contributed by atoms with Gasteiger partial charge in [-0.05, 0) is 46.3 Å². The highest BCUT2D eigenvalue weighted by Crippen LogP contribution is 2.24. The number of halogens is 2. The van der Waals surface area contributed by atoms with E-state index in [4.69, 9.17) is 11.6 Å². The summed E-state index contributed by atoms with van der Waals surface area (Å²) in [5.74, 6) is -0.403. The highest BCUT2D eigenvalue weighted by Gasteiger charge is 2.11. The van der Waals surface area contributed by atoms with E-state index in [0.717, 1.165) is 0 Å². The van der Waals surface area contributed by atoms with Crippen LogP contribution in [0.3, 0.4) is 0 Å². The zero-order valence-electron chi connectivity index (χ0n) is 11.0. The van der Waals surface area contributed by atoms with Crippen LogP contribution < -0.4 is 5.43 Å². The van der Waals surface area contributed by atoms with Crippen molar-refractivity contribution in [2.24, 2.45) is 5.10 Å². The Morgan fingerprint density at radius 3 is 2.59 bits per heavy atom. The highest BCUT2D eigenvalue weighted by atomic mass is 79.9. The van der Waals surface area contributed by atoms with E-state index in [9.17, 15) is 14.9 Å². The predicted molar refractivity (Wildman–Crippen MR) is 87.3 cm³/mol. The van der Waals surface area contributed by atoms with Crippen LogP contribution in [0.4, 0.5) is 5.69 Å². The molecule has 22 heavy (non-hydrogen) atoms. The Bertz CT molecular complexity index is 747. The van der Waals surface area contributed by atoms with Crippen LogP contribution in [-0.2, 0) is 0 Å². The predicted octanol–water partition coefficient (Wildman–Crippen LogP) is 3.77. The minimum Gasteiger partial charge on any atom is -0.267 e. The average molecular weight is 383 g/mol. The second-order valence-electron chi connectivity index (χ2n) is 4.17. The standard InChI is InChI=1S/C14H9BrClN3O3/c15-12-6-1-9(7-13(12)19(21)22)8-17-18-14(20)10-2-4-11(16)5-3-10/h1-8H,(H,18,20). The van der Waals surface area contributed by atoms with Gasteiger partial charge < -0.3 is 0 Å². The lowest BCUT2D eigenvalue weighted by Crippen LogP contribution is -2.17. The van der Waals surface area contributed by atoms with Gasteiger partial charge in [-0.15, -0.1) is 0 Å². The average Bonchev–Trinajstić information content (AvgIpc) is 2.49. The second-order valence-corrected chi connectivity index (χ2v) is 5.46. The van der Waals surface area contributed by atoms with Gasteiger partial charge >= 0.3 is 0 Å². The van der Waals surface area contributed by atoms with Crippen LogP contribution in [0.25, 0.3) is 0 Å². The van der Waals surface area contributed by atoms with E-state index in [2.05, 4.69) is 26.5 Å². The first kappa shape index (κ1) is 16.1. The molecule has 0 spiro atoms.